The molecule has 33 nitrogen and oxygen atoms in total. The SMILES string of the molecule is COc1cc(N=Nc2ccc([N+](=O)[O-])cc2)c(OC)cc1N=Nc1ccc(N(C)CCCC(=O)NCCCO[C@@H]2O[C@H](COCc3cn(CCCNC(=O)[C@H](CCCCNC(=O)OCC4[C@H]5CCC#CCC[C@@H]45)NC(=O)c4ccc(-c5c6ccc(=[N+](C)C)cc-6oc6cc(N(C)C)ccc56)c(C(=O)[O-])c4)nn3)[C@@H](O)[C@H](O)[C@H]2O)cc1. The highest BCUT2D eigenvalue weighted by molar-refractivity contribution is 6.09. The van der Waals surface area contributed by atoms with E-state index in [0.717, 1.165) is 42.4 Å². The maximum absolute atomic E-state index is 14.3. The van der Waals surface area contributed by atoms with Gasteiger partial charge in [-0.1, -0.05) is 11.3 Å². The molecule has 5 aromatic carbocycles. The molecule has 7 N–H and O–H groups in total. The molecule has 6 aromatic rings. The van der Waals surface area contributed by atoms with Gasteiger partial charge in [0.15, 0.2) is 6.29 Å². The molecule has 0 spiro atoms. The predicted octanol–water partition coefficient (Wildman–Crippen LogP) is 8.42. The number of amides is 4. The number of alkyl carbamates (subject to hydrolysis) is 1. The Labute approximate surface area is 664 Å². The average Bonchev–Trinajstić information content (AvgIpc) is 0.997. The maximum atomic E-state index is 14.3. The highest BCUT2D eigenvalue weighted by Crippen LogP contribution is 2.52. The fourth-order valence-electron chi connectivity index (χ4n) is 13.9. The zero-order chi connectivity index (χ0) is 81.7. The van der Waals surface area contributed by atoms with Crippen molar-refractivity contribution in [3.63, 3.8) is 0 Å². The van der Waals surface area contributed by atoms with Gasteiger partial charge in [-0.2, -0.15) is 10.2 Å². The molecule has 3 aliphatic carbocycles. The van der Waals surface area contributed by atoms with Crippen LogP contribution in [0.2, 0.25) is 0 Å². The van der Waals surface area contributed by atoms with Gasteiger partial charge in [0.1, 0.15) is 84.5 Å². The third kappa shape index (κ3) is 22.6. The zero-order valence-corrected chi connectivity index (χ0v) is 65.3. The standard InChI is InChI=1S/C82H97N15O18/c1-93(2)56-30-33-61-68(42-56)114-69-43-57(94(3)4)31-34-62(69)74(61)60-32-21-50(41-63(60)80(104)105)78(102)86-65(19-12-13-35-85-82(106)113-48-64-58-17-10-8-9-11-18-59(58)64)79(103)84-36-15-39-96-46-53(89-92-96)47-111-49-72-75(99)76(100)77(101)81(115-72)112-40-16-37-83-73(98)20-14-38-95(5)54-26-22-51(23-27-54)87-90-66-44-71(110-7)67(45-70(66)109-6)91-88-52-24-28-55(29-25-52)97(107)108/h21-34,41-46,58-59,64-65,72,75-77,81,99-101H,10-20,35-40,47-49H2,1-7H3,(H4-,83,84,85,86,98,102,103,104,105,106)/t58-,59+,64?,65-,72+,75+,76-,77+,81+/m0/s1. The first-order valence-corrected chi connectivity index (χ1v) is 38.2. The van der Waals surface area contributed by atoms with Crippen molar-refractivity contribution >= 4 is 80.6 Å². The van der Waals surface area contributed by atoms with Gasteiger partial charge >= 0.3 is 6.09 Å². The summed E-state index contributed by atoms with van der Waals surface area (Å²) in [6.45, 7) is 1.64. The number of anilines is 2. The fraction of sp³-hybridized carbons (Fsp3) is 0.439. The van der Waals surface area contributed by atoms with Gasteiger partial charge in [0.25, 0.3) is 11.6 Å². The van der Waals surface area contributed by atoms with Crippen LogP contribution in [0.25, 0.3) is 33.4 Å². The van der Waals surface area contributed by atoms with E-state index in [2.05, 4.69) is 63.9 Å². The number of hydrogen-bond donors (Lipinski definition) is 7. The highest BCUT2D eigenvalue weighted by atomic mass is 16.7. The number of unbranched alkanes of at least 4 members (excludes halogenated alkanes) is 1. The van der Waals surface area contributed by atoms with E-state index in [-0.39, 0.29) is 75.0 Å². The molecule has 1 unspecified atom stereocenters. The molecule has 33 heteroatoms. The van der Waals surface area contributed by atoms with Crippen LogP contribution in [0, 0.1) is 39.7 Å². The minimum atomic E-state index is -1.62. The lowest BCUT2D eigenvalue weighted by Crippen LogP contribution is -2.59. The van der Waals surface area contributed by atoms with E-state index in [0.29, 0.717) is 143 Å². The summed E-state index contributed by atoms with van der Waals surface area (Å²) >= 11 is 0. The Morgan fingerprint density at radius 2 is 1.40 bits per heavy atom. The number of methoxy groups -OCH3 is 2. The van der Waals surface area contributed by atoms with Gasteiger partial charge in [-0.15, -0.1) is 27.2 Å². The molecule has 2 fully saturated rings. The number of azo groups is 2. The van der Waals surface area contributed by atoms with Crippen molar-refractivity contribution in [2.75, 3.05) is 105 Å². The average molecular weight is 1580 g/mol. The van der Waals surface area contributed by atoms with Crippen LogP contribution in [0.1, 0.15) is 97.0 Å². The molecular formula is C82H97N15O18. The van der Waals surface area contributed by atoms with Crippen molar-refractivity contribution in [3.05, 3.63) is 154 Å². The number of carboxylic acids is 1. The van der Waals surface area contributed by atoms with E-state index < -0.39 is 65.5 Å². The minimum absolute atomic E-state index is 0.0210. The largest absolute Gasteiger partial charge is 0.545 e. The van der Waals surface area contributed by atoms with Gasteiger partial charge in [-0.05, 0) is 141 Å². The second kappa shape index (κ2) is 40.3. The number of aliphatic hydroxyl groups excluding tert-OH is 3. The summed E-state index contributed by atoms with van der Waals surface area (Å²) in [4.78, 5) is 81.6. The molecule has 9 atom stereocenters. The number of hydrogen-bond acceptors (Lipinski definition) is 26. The number of fused-ring (bicyclic) bond motifs is 3. The Bertz CT molecular complexity index is 4880. The van der Waals surface area contributed by atoms with Gasteiger partial charge in [0.05, 0.1) is 75.2 Å². The van der Waals surface area contributed by atoms with Crippen LogP contribution in [0.15, 0.2) is 146 Å². The molecule has 608 valence electrons. The molecule has 2 aliphatic heterocycles. The van der Waals surface area contributed by atoms with Gasteiger partial charge in [-0.25, -0.2) is 9.37 Å². The van der Waals surface area contributed by atoms with Crippen molar-refractivity contribution < 1.29 is 82.2 Å². The number of nitrogens with one attached hydrogen (secondary N) is 4. The van der Waals surface area contributed by atoms with Crippen LogP contribution >= 0.6 is 0 Å². The third-order valence-electron chi connectivity index (χ3n) is 20.4. The monoisotopic (exact) mass is 1580 g/mol. The molecule has 11 rings (SSSR count). The third-order valence-corrected chi connectivity index (χ3v) is 20.4. The molecule has 115 heavy (non-hydrogen) atoms. The lowest BCUT2D eigenvalue weighted by Gasteiger charge is -2.40. The van der Waals surface area contributed by atoms with Gasteiger partial charge in [-0.3, -0.25) is 29.2 Å². The van der Waals surface area contributed by atoms with Crippen LogP contribution in [0.3, 0.4) is 0 Å². The number of aromatic carboxylic acids is 1. The van der Waals surface area contributed by atoms with E-state index in [4.69, 9.17) is 32.8 Å². The van der Waals surface area contributed by atoms with Crippen LogP contribution in [-0.2, 0) is 41.7 Å². The van der Waals surface area contributed by atoms with E-state index >= 15 is 0 Å². The predicted molar refractivity (Wildman–Crippen MR) is 423 cm³/mol. The second-order valence-electron chi connectivity index (χ2n) is 28.8. The van der Waals surface area contributed by atoms with Crippen LogP contribution in [-0.4, -0.2) is 197 Å². The lowest BCUT2D eigenvalue weighted by atomic mass is 9.89. The van der Waals surface area contributed by atoms with Gasteiger partial charge in [0.2, 0.25) is 17.2 Å². The molecule has 1 saturated carbocycles. The summed E-state index contributed by atoms with van der Waals surface area (Å²) in [5, 5.41) is 95.0. The quantitative estimate of drug-likeness (QED) is 0.00363. The van der Waals surface area contributed by atoms with Crippen LogP contribution < -0.4 is 55.6 Å². The number of rotatable bonds is 38. The number of non-ortho nitro benzene ring substituents is 1. The molecule has 4 amide bonds. The summed E-state index contributed by atoms with van der Waals surface area (Å²) in [5.74, 6) is 6.11. The number of carbonyl (C=O) groups is 5. The number of aromatic nitrogens is 3. The number of ether oxygens (including phenoxy) is 6. The van der Waals surface area contributed by atoms with Gasteiger partial charge in [0, 0.05) is 149 Å². The first kappa shape index (κ1) is 84.1. The number of nitro benzene ring substituents is 1. The van der Waals surface area contributed by atoms with Crippen molar-refractivity contribution in [1.29, 1.82) is 0 Å². The summed E-state index contributed by atoms with van der Waals surface area (Å²) in [6, 6.07) is 30.8. The second-order valence-corrected chi connectivity index (χ2v) is 28.8. The number of nitro groups is 1. The normalized spacial score (nSPS) is 18.6. The van der Waals surface area contributed by atoms with Crippen molar-refractivity contribution in [2.24, 2.45) is 38.2 Å². The minimum Gasteiger partial charge on any atom is -0.545 e. The number of aryl methyl sites for hydroxylation is 1. The van der Waals surface area contributed by atoms with E-state index in [1.54, 1.807) is 41.2 Å². The van der Waals surface area contributed by atoms with E-state index in [9.17, 15) is 54.5 Å². The molecule has 1 aromatic heterocycles. The summed E-state index contributed by atoms with van der Waals surface area (Å²) in [5.41, 5.74) is 5.53. The summed E-state index contributed by atoms with van der Waals surface area (Å²) in [6.07, 6.45) is 0.244. The smallest absolute Gasteiger partial charge is 0.407 e. The van der Waals surface area contributed by atoms with Crippen molar-refractivity contribution in [2.45, 2.75) is 121 Å². The van der Waals surface area contributed by atoms with Crippen LogP contribution in [0.4, 0.5) is 44.6 Å². The Kier molecular flexibility index (Phi) is 29.5. The van der Waals surface area contributed by atoms with Gasteiger partial charge < -0.3 is 89.1 Å². The Balaban J connectivity index is 0.610. The molecule has 1 saturated heterocycles. The van der Waals surface area contributed by atoms with E-state index in [1.807, 2.05) is 98.1 Å². The number of nitrogens with zero attached hydrogens (tertiary/aromatic N) is 11. The molecule has 3 heterocycles. The number of carbonyl (C=O) groups excluding carboxylic acids is 5. The number of carboxylic acid groups (broad SMARTS) is 1. The van der Waals surface area contributed by atoms with Crippen molar-refractivity contribution in [3.8, 4) is 45.8 Å². The molecule has 5 aliphatic rings. The summed E-state index contributed by atoms with van der Waals surface area (Å²) in [7, 11) is 12.5. The first-order valence-electron chi connectivity index (χ1n) is 38.2. The zero-order valence-electron chi connectivity index (χ0n) is 65.3. The Morgan fingerprint density at radius 3 is 2.07 bits per heavy atom. The number of benzene rings is 6. The molecule has 0 bridgehead atoms. The first-order chi connectivity index (χ1) is 55.5. The maximum Gasteiger partial charge on any atom is 0.407 e. The highest BCUT2D eigenvalue weighted by Gasteiger charge is 2.49. The Hall–Kier alpha value is -11.8. The fourth-order valence-corrected chi connectivity index (χ4v) is 13.9. The van der Waals surface area contributed by atoms with Crippen LogP contribution in [0.5, 0.6) is 11.5 Å². The van der Waals surface area contributed by atoms with E-state index in [1.165, 1.54) is 50.6 Å². The topological polar surface area (TPSA) is 419 Å². The van der Waals surface area contributed by atoms with Crippen molar-refractivity contribution in [1.82, 2.24) is 40.8 Å². The number of aliphatic hydroxyl groups is 3. The Morgan fingerprint density at radius 1 is 0.730 bits per heavy atom. The molecule has 0 radical (unpaired) electrons. The summed E-state index contributed by atoms with van der Waals surface area (Å²) < 4.78 is 44.1. The lowest BCUT2D eigenvalue weighted by molar-refractivity contribution is -0.384. The molecular weight excluding hydrogens is 1480 g/mol.